The molecule has 0 saturated heterocycles. The van der Waals surface area contributed by atoms with Crippen LogP contribution in [0.4, 0.5) is 5.69 Å². The number of aromatic nitrogens is 5. The topological polar surface area (TPSA) is 150 Å². The lowest BCUT2D eigenvalue weighted by atomic mass is 10.0. The van der Waals surface area contributed by atoms with Gasteiger partial charge in [-0.3, -0.25) is 14.5 Å². The van der Waals surface area contributed by atoms with Crippen LogP contribution < -0.4 is 24.4 Å². The van der Waals surface area contributed by atoms with Crippen LogP contribution in [0.25, 0.3) is 22.5 Å². The van der Waals surface area contributed by atoms with E-state index in [2.05, 4.69) is 25.7 Å². The fraction of sp³-hybridized carbons (Fsp3) is 0.206. The van der Waals surface area contributed by atoms with E-state index in [1.165, 1.54) is 9.70 Å². The second-order valence-corrected chi connectivity index (χ2v) is 10.9. The minimum absolute atomic E-state index is 0.224. The number of hydrogen-bond acceptors (Lipinski definition) is 9. The Bertz CT molecular complexity index is 2050. The molecule has 13 heteroatoms. The molecule has 1 aliphatic heterocycles. The number of fused-ring (bicyclic) bond motifs is 2. The zero-order valence-electron chi connectivity index (χ0n) is 25.7. The normalized spacial score (nSPS) is 12.9. The van der Waals surface area contributed by atoms with Crippen LogP contribution >= 0.6 is 0 Å². The summed E-state index contributed by atoms with van der Waals surface area (Å²) in [4.78, 5) is 34.7. The third-order valence-electron chi connectivity index (χ3n) is 7.81. The molecule has 13 nitrogen and oxygen atoms in total. The number of methoxy groups -OCH3 is 1. The van der Waals surface area contributed by atoms with Crippen LogP contribution in [0.1, 0.15) is 22.9 Å². The van der Waals surface area contributed by atoms with Crippen molar-refractivity contribution >= 4 is 28.4 Å². The molecule has 4 heterocycles. The van der Waals surface area contributed by atoms with Crippen molar-refractivity contribution in [2.45, 2.75) is 26.1 Å². The third-order valence-corrected chi connectivity index (χ3v) is 7.81. The highest BCUT2D eigenvalue weighted by Gasteiger charge is 2.35. The summed E-state index contributed by atoms with van der Waals surface area (Å²) < 4.78 is 22.5. The molecule has 0 bridgehead atoms. The summed E-state index contributed by atoms with van der Waals surface area (Å²) in [6.45, 7) is 2.49. The predicted octanol–water partition coefficient (Wildman–Crippen LogP) is 4.59. The van der Waals surface area contributed by atoms with E-state index >= 15 is 0 Å². The first-order valence-electron chi connectivity index (χ1n) is 15.0. The summed E-state index contributed by atoms with van der Waals surface area (Å²) in [6.07, 6.45) is 1.76. The van der Waals surface area contributed by atoms with E-state index in [0.29, 0.717) is 53.2 Å². The fourth-order valence-electron chi connectivity index (χ4n) is 5.53. The van der Waals surface area contributed by atoms with Crippen molar-refractivity contribution in [2.24, 2.45) is 0 Å². The van der Waals surface area contributed by atoms with E-state index in [0.717, 1.165) is 16.5 Å². The van der Waals surface area contributed by atoms with Gasteiger partial charge < -0.3 is 28.9 Å². The lowest BCUT2D eigenvalue weighted by Gasteiger charge is -2.32. The van der Waals surface area contributed by atoms with Crippen molar-refractivity contribution in [1.29, 1.82) is 0 Å². The monoisotopic (exact) mass is 633 g/mol. The third kappa shape index (κ3) is 6.10. The Morgan fingerprint density at radius 2 is 1.83 bits per heavy atom. The molecule has 0 spiro atoms. The number of tetrazole rings is 1. The van der Waals surface area contributed by atoms with Gasteiger partial charge in [0, 0.05) is 41.0 Å². The van der Waals surface area contributed by atoms with Gasteiger partial charge in [-0.1, -0.05) is 30.3 Å². The van der Waals surface area contributed by atoms with Gasteiger partial charge in [-0.2, -0.15) is 4.80 Å². The van der Waals surface area contributed by atoms with Gasteiger partial charge >= 0.3 is 0 Å². The van der Waals surface area contributed by atoms with E-state index in [1.54, 1.807) is 43.6 Å². The summed E-state index contributed by atoms with van der Waals surface area (Å²) in [5.41, 5.74) is 2.72. The number of furan rings is 1. The molecule has 7 rings (SSSR count). The molecule has 0 unspecified atom stereocenters. The molecule has 238 valence electrons. The number of benzene rings is 3. The number of nitrogens with one attached hydrogen (secondary N) is 2. The number of para-hydroxylation sites is 1. The van der Waals surface area contributed by atoms with Gasteiger partial charge in [0.15, 0.2) is 17.3 Å². The van der Waals surface area contributed by atoms with Gasteiger partial charge in [0.25, 0.3) is 5.91 Å². The quantitative estimate of drug-likeness (QED) is 0.221. The second-order valence-electron chi connectivity index (χ2n) is 10.9. The molecule has 2 amide bonds. The van der Waals surface area contributed by atoms with Crippen molar-refractivity contribution < 1.29 is 28.2 Å². The number of hydrogen-bond donors (Lipinski definition) is 2. The molecule has 1 aliphatic rings. The SMILES string of the molecule is COc1ccc(CNC(=O)[C@H](c2c[nH]c3ccccc23)N(C(=O)Cn2nnc(-c3ccc(C)o3)n2)c2ccc3c(c2)OCCO3)cc1. The van der Waals surface area contributed by atoms with Crippen LogP contribution in [0.2, 0.25) is 0 Å². The maximum atomic E-state index is 14.5. The van der Waals surface area contributed by atoms with Crippen LogP contribution in [0.15, 0.2) is 89.5 Å². The van der Waals surface area contributed by atoms with Crippen molar-refractivity contribution in [3.05, 3.63) is 102 Å². The van der Waals surface area contributed by atoms with Gasteiger partial charge in [-0.05, 0) is 60.2 Å². The van der Waals surface area contributed by atoms with Gasteiger partial charge in [-0.25, -0.2) is 0 Å². The van der Waals surface area contributed by atoms with Gasteiger partial charge in [0.05, 0.1) is 7.11 Å². The van der Waals surface area contributed by atoms with Crippen LogP contribution in [0.3, 0.4) is 0 Å². The molecule has 0 fully saturated rings. The Morgan fingerprint density at radius 3 is 2.62 bits per heavy atom. The van der Waals surface area contributed by atoms with Crippen molar-refractivity contribution in [1.82, 2.24) is 30.5 Å². The lowest BCUT2D eigenvalue weighted by molar-refractivity contribution is -0.127. The van der Waals surface area contributed by atoms with Gasteiger partial charge in [0.2, 0.25) is 11.7 Å². The molecule has 0 saturated carbocycles. The average Bonchev–Trinajstić information content (AvgIpc) is 3.86. The largest absolute Gasteiger partial charge is 0.497 e. The van der Waals surface area contributed by atoms with Crippen molar-refractivity contribution in [3.8, 4) is 28.8 Å². The minimum Gasteiger partial charge on any atom is -0.497 e. The number of nitrogens with zero attached hydrogens (tertiary/aromatic N) is 5. The Balaban J connectivity index is 1.28. The Morgan fingerprint density at radius 1 is 1.02 bits per heavy atom. The highest BCUT2D eigenvalue weighted by atomic mass is 16.6. The fourth-order valence-corrected chi connectivity index (χ4v) is 5.53. The summed E-state index contributed by atoms with van der Waals surface area (Å²) in [6, 6.07) is 22.6. The number of H-pyrrole nitrogens is 1. The zero-order valence-corrected chi connectivity index (χ0v) is 25.7. The van der Waals surface area contributed by atoms with Crippen molar-refractivity contribution in [2.75, 3.05) is 25.2 Å². The van der Waals surface area contributed by atoms with Crippen LogP contribution in [0.5, 0.6) is 17.2 Å². The number of ether oxygens (including phenoxy) is 3. The van der Waals surface area contributed by atoms with Crippen LogP contribution in [0, 0.1) is 6.92 Å². The first kappa shape index (κ1) is 29.6. The number of aromatic amines is 1. The zero-order chi connectivity index (χ0) is 32.3. The predicted molar refractivity (Wildman–Crippen MR) is 171 cm³/mol. The van der Waals surface area contributed by atoms with Crippen molar-refractivity contribution in [3.63, 3.8) is 0 Å². The molecular formula is C34H31N7O6. The molecule has 0 aliphatic carbocycles. The summed E-state index contributed by atoms with van der Waals surface area (Å²) in [5.74, 6) is 2.23. The first-order valence-corrected chi connectivity index (χ1v) is 15.0. The Labute approximate surface area is 269 Å². The summed E-state index contributed by atoms with van der Waals surface area (Å²) >= 11 is 0. The molecule has 3 aromatic carbocycles. The summed E-state index contributed by atoms with van der Waals surface area (Å²) in [5, 5.41) is 16.4. The maximum Gasteiger partial charge on any atom is 0.251 e. The Kier molecular flexibility index (Phi) is 8.00. The van der Waals surface area contributed by atoms with Crippen LogP contribution in [-0.4, -0.2) is 57.3 Å². The van der Waals surface area contributed by atoms with E-state index < -0.39 is 17.9 Å². The average molecular weight is 634 g/mol. The lowest BCUT2D eigenvalue weighted by Crippen LogP contribution is -2.45. The van der Waals surface area contributed by atoms with Gasteiger partial charge in [-0.15, -0.1) is 10.2 Å². The van der Waals surface area contributed by atoms with E-state index in [1.807, 2.05) is 55.5 Å². The molecule has 0 radical (unpaired) electrons. The minimum atomic E-state index is -1.10. The Hall–Kier alpha value is -6.11. The number of amides is 2. The maximum absolute atomic E-state index is 14.5. The van der Waals surface area contributed by atoms with E-state index in [4.69, 9.17) is 18.6 Å². The first-order chi connectivity index (χ1) is 23.0. The number of rotatable bonds is 10. The summed E-state index contributed by atoms with van der Waals surface area (Å²) in [7, 11) is 1.60. The number of carbonyl (C=O) groups is 2. The highest BCUT2D eigenvalue weighted by Crippen LogP contribution is 2.38. The number of anilines is 1. The highest BCUT2D eigenvalue weighted by molar-refractivity contribution is 6.03. The number of carbonyl (C=O) groups excluding carboxylic acids is 2. The van der Waals surface area contributed by atoms with E-state index in [9.17, 15) is 9.59 Å². The van der Waals surface area contributed by atoms with Gasteiger partial charge in [0.1, 0.15) is 37.3 Å². The molecular weight excluding hydrogens is 602 g/mol. The molecule has 6 aromatic rings. The molecule has 2 N–H and O–H groups in total. The second kappa shape index (κ2) is 12.7. The molecule has 3 aromatic heterocycles. The number of aryl methyl sites for hydroxylation is 1. The molecule has 1 atom stereocenters. The van der Waals surface area contributed by atoms with E-state index in [-0.39, 0.29) is 18.9 Å². The smallest absolute Gasteiger partial charge is 0.251 e. The molecule has 47 heavy (non-hydrogen) atoms. The standard InChI is InChI=1S/C34H31N7O6/c1-21-7-13-29(47-21)33-37-39-40(38-33)20-31(42)41(23-10-14-28-30(17-23)46-16-15-45-28)32(26-19-35-27-6-4-3-5-25(26)27)34(43)36-18-22-8-11-24(44-2)12-9-22/h3-14,17,19,32,35H,15-16,18,20H2,1-2H3,(H,36,43)/t32-/m0/s1. The van der Waals surface area contributed by atoms with Crippen LogP contribution in [-0.2, 0) is 22.7 Å².